The highest BCUT2D eigenvalue weighted by Crippen LogP contribution is 2.20. The van der Waals surface area contributed by atoms with Gasteiger partial charge in [-0.2, -0.15) is 19.9 Å². The van der Waals surface area contributed by atoms with E-state index in [2.05, 4.69) is 25.3 Å². The van der Waals surface area contributed by atoms with Gasteiger partial charge in [-0.25, -0.2) is 4.40 Å². The van der Waals surface area contributed by atoms with Crippen molar-refractivity contribution in [2.24, 2.45) is 10.7 Å². The highest BCUT2D eigenvalue weighted by atomic mass is 15.3. The molecule has 3 heterocycles. The fourth-order valence-corrected chi connectivity index (χ4v) is 1.48. The second-order valence-corrected chi connectivity index (χ2v) is 3.17. The number of hydrogen-bond donors (Lipinski definition) is 4. The van der Waals surface area contributed by atoms with E-state index in [9.17, 15) is 0 Å². The van der Waals surface area contributed by atoms with Crippen molar-refractivity contribution in [3.63, 3.8) is 0 Å². The number of nitrogens with zero attached hydrogens (tertiary/aromatic N) is 5. The van der Waals surface area contributed by atoms with Gasteiger partial charge in [-0.1, -0.05) is 0 Å². The Hall–Kier alpha value is -2.71. The molecule has 6 N–H and O–H groups in total. The SMILES string of the molecule is N=c1nc2n3c(cc(N)nc3n1)NC(N)=N2. The van der Waals surface area contributed by atoms with E-state index in [0.717, 1.165) is 0 Å². The lowest BCUT2D eigenvalue weighted by molar-refractivity contribution is 0.881. The summed E-state index contributed by atoms with van der Waals surface area (Å²) in [6, 6.07) is 1.59. The van der Waals surface area contributed by atoms with Gasteiger partial charge in [0.25, 0.3) is 0 Å². The number of aliphatic imine (C=N–C) groups is 1. The Morgan fingerprint density at radius 3 is 2.88 bits per heavy atom. The van der Waals surface area contributed by atoms with Gasteiger partial charge in [0.1, 0.15) is 11.6 Å². The van der Waals surface area contributed by atoms with Crippen molar-refractivity contribution in [3.05, 3.63) is 11.7 Å². The summed E-state index contributed by atoms with van der Waals surface area (Å²) in [6.45, 7) is 0. The fraction of sp³-hybridized carbons (Fsp3) is 0. The van der Waals surface area contributed by atoms with Crippen molar-refractivity contribution in [3.8, 4) is 0 Å². The molecule has 0 amide bonds. The molecule has 0 aromatic carbocycles. The predicted molar refractivity (Wildman–Crippen MR) is 56.0 cm³/mol. The van der Waals surface area contributed by atoms with Crippen molar-refractivity contribution in [1.82, 2.24) is 19.4 Å². The summed E-state index contributed by atoms with van der Waals surface area (Å²) in [5.74, 6) is 1.55. The number of nitrogens with one attached hydrogen (secondary N) is 2. The number of anilines is 2. The van der Waals surface area contributed by atoms with Gasteiger partial charge in [0.05, 0.1) is 0 Å². The topological polar surface area (TPSA) is 143 Å². The largest absolute Gasteiger partial charge is 0.383 e. The van der Waals surface area contributed by atoms with Crippen molar-refractivity contribution < 1.29 is 0 Å². The first kappa shape index (κ1) is 8.59. The van der Waals surface area contributed by atoms with Gasteiger partial charge < -0.3 is 16.8 Å². The average Bonchev–Trinajstić information content (AvgIpc) is 2.14. The molecule has 0 atom stereocenters. The third-order valence-corrected chi connectivity index (χ3v) is 2.04. The molecule has 2 aromatic heterocycles. The maximum atomic E-state index is 7.41. The Morgan fingerprint density at radius 2 is 2.06 bits per heavy atom. The lowest BCUT2D eigenvalue weighted by Gasteiger charge is -2.16. The number of hydrogen-bond acceptors (Lipinski definition) is 8. The Labute approximate surface area is 88.4 Å². The molecular formula is C7H7N9. The minimum Gasteiger partial charge on any atom is -0.383 e. The van der Waals surface area contributed by atoms with Gasteiger partial charge in [-0.05, 0) is 0 Å². The summed E-state index contributed by atoms with van der Waals surface area (Å²) in [6.07, 6.45) is 0. The van der Waals surface area contributed by atoms with E-state index in [4.69, 9.17) is 16.9 Å². The van der Waals surface area contributed by atoms with E-state index in [-0.39, 0.29) is 29.1 Å². The summed E-state index contributed by atoms with van der Waals surface area (Å²) < 4.78 is 1.53. The molecule has 9 heteroatoms. The lowest BCUT2D eigenvalue weighted by atomic mass is 10.5. The molecule has 0 fully saturated rings. The first-order chi connectivity index (χ1) is 7.63. The van der Waals surface area contributed by atoms with Crippen molar-refractivity contribution in [1.29, 1.82) is 5.41 Å². The molecule has 0 unspecified atom stereocenters. The lowest BCUT2D eigenvalue weighted by Crippen LogP contribution is -2.29. The molecular weight excluding hydrogens is 210 g/mol. The molecule has 16 heavy (non-hydrogen) atoms. The monoisotopic (exact) mass is 217 g/mol. The number of aromatic nitrogens is 4. The zero-order valence-electron chi connectivity index (χ0n) is 7.97. The highest BCUT2D eigenvalue weighted by Gasteiger charge is 2.15. The molecule has 0 aliphatic carbocycles. The second kappa shape index (κ2) is 2.66. The third-order valence-electron chi connectivity index (χ3n) is 2.04. The highest BCUT2D eigenvalue weighted by molar-refractivity contribution is 5.95. The van der Waals surface area contributed by atoms with Crippen LogP contribution in [0.5, 0.6) is 0 Å². The van der Waals surface area contributed by atoms with E-state index in [1.54, 1.807) is 6.07 Å². The summed E-state index contributed by atoms with van der Waals surface area (Å²) in [7, 11) is 0. The molecule has 0 bridgehead atoms. The van der Waals surface area contributed by atoms with Gasteiger partial charge >= 0.3 is 0 Å². The van der Waals surface area contributed by atoms with Crippen LogP contribution in [-0.4, -0.2) is 25.3 Å². The van der Waals surface area contributed by atoms with Crippen molar-refractivity contribution in [2.75, 3.05) is 11.1 Å². The maximum Gasteiger partial charge on any atom is 0.248 e. The summed E-state index contributed by atoms with van der Waals surface area (Å²) >= 11 is 0. The predicted octanol–water partition coefficient (Wildman–Crippen LogP) is -1.44. The number of nitrogens with two attached hydrogens (primary N) is 2. The van der Waals surface area contributed by atoms with E-state index < -0.39 is 0 Å². The normalized spacial score (nSPS) is 13.4. The van der Waals surface area contributed by atoms with Gasteiger partial charge in [0.2, 0.25) is 23.3 Å². The molecule has 80 valence electrons. The summed E-state index contributed by atoms with van der Waals surface area (Å²) in [5.41, 5.74) is 11.0. The Bertz CT molecular complexity index is 682. The Kier molecular flexibility index (Phi) is 1.42. The standard InChI is InChI=1S/C7H7N9/c8-2-1-3-12-4(9)13-7-15-5(10)14-6(11-2)16(3)7/h1H,(H6,8,9,10,11,12,13,14,15). The summed E-state index contributed by atoms with van der Waals surface area (Å²) in [5, 5.41) is 10.2. The van der Waals surface area contributed by atoms with Crippen LogP contribution >= 0.6 is 0 Å². The smallest absolute Gasteiger partial charge is 0.248 e. The van der Waals surface area contributed by atoms with Gasteiger partial charge in [0, 0.05) is 6.07 Å². The quantitative estimate of drug-likeness (QED) is 0.425. The van der Waals surface area contributed by atoms with Crippen LogP contribution < -0.4 is 22.4 Å². The molecule has 3 rings (SSSR count). The van der Waals surface area contributed by atoms with Crippen LogP contribution in [0.3, 0.4) is 0 Å². The fourth-order valence-electron chi connectivity index (χ4n) is 1.48. The first-order valence-electron chi connectivity index (χ1n) is 4.36. The van der Waals surface area contributed by atoms with E-state index >= 15 is 0 Å². The first-order valence-corrected chi connectivity index (χ1v) is 4.36. The van der Waals surface area contributed by atoms with Crippen LogP contribution in [-0.2, 0) is 0 Å². The van der Waals surface area contributed by atoms with Gasteiger partial charge in [-0.15, -0.1) is 0 Å². The molecule has 9 nitrogen and oxygen atoms in total. The van der Waals surface area contributed by atoms with Gasteiger partial charge in [0.15, 0.2) is 0 Å². The van der Waals surface area contributed by atoms with Crippen LogP contribution in [0, 0.1) is 5.41 Å². The van der Waals surface area contributed by atoms with E-state index in [1.165, 1.54) is 4.40 Å². The maximum absolute atomic E-state index is 7.41. The molecule has 1 aliphatic heterocycles. The number of nitrogen functional groups attached to an aromatic ring is 1. The molecule has 0 radical (unpaired) electrons. The third kappa shape index (κ3) is 1.08. The van der Waals surface area contributed by atoms with E-state index in [1.807, 2.05) is 0 Å². The molecule has 0 saturated carbocycles. The molecule has 2 aromatic rings. The summed E-state index contributed by atoms with van der Waals surface area (Å²) in [4.78, 5) is 15.6. The van der Waals surface area contributed by atoms with Crippen LogP contribution in [0.15, 0.2) is 11.1 Å². The van der Waals surface area contributed by atoms with Gasteiger partial charge in [-0.3, -0.25) is 5.41 Å². The average molecular weight is 217 g/mol. The molecule has 1 aliphatic rings. The van der Waals surface area contributed by atoms with E-state index in [0.29, 0.717) is 5.82 Å². The minimum atomic E-state index is -0.183. The molecule has 0 spiro atoms. The zero-order chi connectivity index (χ0) is 11.3. The van der Waals surface area contributed by atoms with Crippen LogP contribution in [0.2, 0.25) is 0 Å². The Balaban J connectivity index is 2.54. The number of rotatable bonds is 0. The molecule has 0 saturated heterocycles. The number of guanidine groups is 1. The second-order valence-electron chi connectivity index (χ2n) is 3.17. The minimum absolute atomic E-state index is 0.183. The Morgan fingerprint density at radius 1 is 1.25 bits per heavy atom. The van der Waals surface area contributed by atoms with Crippen LogP contribution in [0.1, 0.15) is 0 Å². The zero-order valence-corrected chi connectivity index (χ0v) is 7.97. The van der Waals surface area contributed by atoms with Crippen LogP contribution in [0.25, 0.3) is 5.78 Å². The van der Waals surface area contributed by atoms with Crippen molar-refractivity contribution in [2.45, 2.75) is 0 Å². The van der Waals surface area contributed by atoms with Crippen LogP contribution in [0.4, 0.5) is 17.6 Å². The van der Waals surface area contributed by atoms with Crippen molar-refractivity contribution >= 4 is 29.3 Å².